The molecule has 0 atom stereocenters. The van der Waals surface area contributed by atoms with Crippen LogP contribution < -0.4 is 4.90 Å². The third-order valence-corrected chi connectivity index (χ3v) is 4.58. The molecule has 1 amide bonds. The molecule has 0 saturated heterocycles. The quantitative estimate of drug-likeness (QED) is 0.794. The maximum absolute atomic E-state index is 11.9. The van der Waals surface area contributed by atoms with E-state index < -0.39 is 0 Å². The van der Waals surface area contributed by atoms with Crippen LogP contribution in [0.25, 0.3) is 11.3 Å². The first-order chi connectivity index (χ1) is 10.1. The minimum Gasteiger partial charge on any atom is -0.453 e. The van der Waals surface area contributed by atoms with E-state index in [1.807, 2.05) is 17.0 Å². The highest BCUT2D eigenvalue weighted by atomic mass is 16.3. The number of anilines is 1. The van der Waals surface area contributed by atoms with Crippen molar-refractivity contribution in [2.75, 3.05) is 11.4 Å². The number of rotatable bonds is 2. The van der Waals surface area contributed by atoms with E-state index in [0.717, 1.165) is 30.6 Å². The summed E-state index contributed by atoms with van der Waals surface area (Å²) in [5, 5.41) is 0. The lowest BCUT2D eigenvalue weighted by Gasteiger charge is -2.15. The highest BCUT2D eigenvalue weighted by molar-refractivity contribution is 5.96. The zero-order chi connectivity index (χ0) is 14.6. The molecule has 4 heteroatoms. The van der Waals surface area contributed by atoms with Gasteiger partial charge in [-0.15, -0.1) is 0 Å². The summed E-state index contributed by atoms with van der Waals surface area (Å²) in [7, 11) is 0. The van der Waals surface area contributed by atoms with Crippen LogP contribution in [0.1, 0.15) is 35.9 Å². The molecule has 4 nitrogen and oxygen atoms in total. The van der Waals surface area contributed by atoms with Crippen LogP contribution in [0.15, 0.2) is 34.7 Å². The Bertz CT molecular complexity index is 755. The van der Waals surface area contributed by atoms with Crippen LogP contribution in [0.3, 0.4) is 0 Å². The number of amides is 1. The predicted molar refractivity (Wildman–Crippen MR) is 78.5 cm³/mol. The maximum Gasteiger partial charge on any atom is 0.223 e. The molecule has 1 spiro atoms. The molecule has 1 aromatic heterocycles. The third kappa shape index (κ3) is 1.75. The Kier molecular flexibility index (Phi) is 2.40. The van der Waals surface area contributed by atoms with Crippen molar-refractivity contribution in [3.63, 3.8) is 0 Å². The molecule has 0 unspecified atom stereocenters. The van der Waals surface area contributed by atoms with Crippen molar-refractivity contribution in [2.45, 2.75) is 25.2 Å². The molecule has 2 aromatic rings. The average Bonchev–Trinajstić information content (AvgIpc) is 2.97. The summed E-state index contributed by atoms with van der Waals surface area (Å²) in [4.78, 5) is 24.5. The molecule has 2 heterocycles. The number of carbonyl (C=O) groups excluding carboxylic acids is 2. The summed E-state index contributed by atoms with van der Waals surface area (Å²) in [6, 6.07) is 9.54. The molecule has 1 aliphatic heterocycles. The van der Waals surface area contributed by atoms with Gasteiger partial charge in [0.1, 0.15) is 5.76 Å². The first kappa shape index (κ1) is 12.4. The Labute approximate surface area is 122 Å². The lowest BCUT2D eigenvalue weighted by atomic mass is 9.97. The zero-order valence-electron chi connectivity index (χ0n) is 11.8. The van der Waals surface area contributed by atoms with Crippen LogP contribution in [0.4, 0.5) is 5.69 Å². The van der Waals surface area contributed by atoms with Gasteiger partial charge in [0, 0.05) is 30.1 Å². The lowest BCUT2D eigenvalue weighted by molar-refractivity contribution is -0.116. The van der Waals surface area contributed by atoms with Crippen molar-refractivity contribution in [3.8, 4) is 11.3 Å². The molecule has 0 N–H and O–H groups in total. The van der Waals surface area contributed by atoms with Gasteiger partial charge in [-0.3, -0.25) is 9.59 Å². The number of aldehydes is 1. The summed E-state index contributed by atoms with van der Waals surface area (Å²) < 4.78 is 5.47. The first-order valence-corrected chi connectivity index (χ1v) is 7.11. The number of fused-ring (bicyclic) bond motifs is 2. The molecule has 1 aromatic carbocycles. The van der Waals surface area contributed by atoms with Gasteiger partial charge in [0.25, 0.3) is 0 Å². The van der Waals surface area contributed by atoms with Gasteiger partial charge in [-0.1, -0.05) is 12.1 Å². The molecule has 21 heavy (non-hydrogen) atoms. The number of hydrogen-bond donors (Lipinski definition) is 0. The SMILES string of the molecule is CC(=O)N1CC2(CC2)c2ccc(-c3ccc(C=O)o3)cc21. The molecule has 0 bridgehead atoms. The number of hydrogen-bond acceptors (Lipinski definition) is 3. The molecular formula is C17H15NO3. The van der Waals surface area contributed by atoms with E-state index >= 15 is 0 Å². The Morgan fingerprint density at radius 2 is 2.10 bits per heavy atom. The van der Waals surface area contributed by atoms with Gasteiger partial charge in [0.15, 0.2) is 12.0 Å². The largest absolute Gasteiger partial charge is 0.453 e. The molecular weight excluding hydrogens is 266 g/mol. The summed E-state index contributed by atoms with van der Waals surface area (Å²) in [5.41, 5.74) is 3.34. The van der Waals surface area contributed by atoms with Gasteiger partial charge in [0.05, 0.1) is 0 Å². The van der Waals surface area contributed by atoms with E-state index in [2.05, 4.69) is 6.07 Å². The number of furan rings is 1. The summed E-state index contributed by atoms with van der Waals surface area (Å²) in [6.07, 6.45) is 3.00. The van der Waals surface area contributed by atoms with Gasteiger partial charge >= 0.3 is 0 Å². The van der Waals surface area contributed by atoms with Crippen LogP contribution >= 0.6 is 0 Å². The molecule has 1 fully saturated rings. The molecule has 1 aliphatic carbocycles. The molecule has 2 aliphatic rings. The van der Waals surface area contributed by atoms with Crippen LogP contribution in [0.5, 0.6) is 0 Å². The van der Waals surface area contributed by atoms with Crippen LogP contribution in [0.2, 0.25) is 0 Å². The number of carbonyl (C=O) groups is 2. The number of nitrogens with zero attached hydrogens (tertiary/aromatic N) is 1. The number of benzene rings is 1. The van der Waals surface area contributed by atoms with E-state index in [1.54, 1.807) is 19.1 Å². The fourth-order valence-corrected chi connectivity index (χ4v) is 3.26. The fraction of sp³-hybridized carbons (Fsp3) is 0.294. The monoisotopic (exact) mass is 281 g/mol. The van der Waals surface area contributed by atoms with Gasteiger partial charge < -0.3 is 9.32 Å². The third-order valence-electron chi connectivity index (χ3n) is 4.58. The van der Waals surface area contributed by atoms with Gasteiger partial charge in [-0.05, 0) is 36.6 Å². The van der Waals surface area contributed by atoms with Gasteiger partial charge in [-0.25, -0.2) is 0 Å². The fourth-order valence-electron chi connectivity index (χ4n) is 3.26. The molecule has 106 valence electrons. The molecule has 0 radical (unpaired) electrons. The van der Waals surface area contributed by atoms with Crippen molar-refractivity contribution >= 4 is 17.9 Å². The van der Waals surface area contributed by atoms with Crippen molar-refractivity contribution < 1.29 is 14.0 Å². The highest BCUT2D eigenvalue weighted by Gasteiger charge is 2.52. The van der Waals surface area contributed by atoms with E-state index in [9.17, 15) is 9.59 Å². The summed E-state index contributed by atoms with van der Waals surface area (Å²) in [6.45, 7) is 2.40. The second-order valence-electron chi connectivity index (χ2n) is 5.94. The predicted octanol–water partition coefficient (Wildman–Crippen LogP) is 3.16. The Balaban J connectivity index is 1.81. The van der Waals surface area contributed by atoms with E-state index in [1.165, 1.54) is 5.56 Å². The lowest BCUT2D eigenvalue weighted by Crippen LogP contribution is -2.28. The minimum atomic E-state index is 0.0743. The Morgan fingerprint density at radius 1 is 1.29 bits per heavy atom. The Morgan fingerprint density at radius 3 is 2.71 bits per heavy atom. The second kappa shape index (κ2) is 4.07. The molecule has 1 saturated carbocycles. The van der Waals surface area contributed by atoms with Crippen molar-refractivity contribution in [3.05, 3.63) is 41.7 Å². The van der Waals surface area contributed by atoms with Gasteiger partial charge in [0.2, 0.25) is 5.91 Å². The smallest absolute Gasteiger partial charge is 0.223 e. The van der Waals surface area contributed by atoms with E-state index in [4.69, 9.17) is 4.42 Å². The standard InChI is InChI=1S/C17H15NO3/c1-11(20)18-10-17(6-7-17)14-4-2-12(8-15(14)18)16-5-3-13(9-19)21-16/h2-5,8-9H,6-7,10H2,1H3. The first-order valence-electron chi connectivity index (χ1n) is 7.11. The summed E-state index contributed by atoms with van der Waals surface area (Å²) in [5.74, 6) is 1.04. The van der Waals surface area contributed by atoms with Crippen LogP contribution in [-0.4, -0.2) is 18.7 Å². The second-order valence-corrected chi connectivity index (χ2v) is 5.94. The normalized spacial score (nSPS) is 17.9. The maximum atomic E-state index is 11.9. The average molecular weight is 281 g/mol. The zero-order valence-corrected chi connectivity index (χ0v) is 11.8. The van der Waals surface area contributed by atoms with Crippen LogP contribution in [0, 0.1) is 0 Å². The van der Waals surface area contributed by atoms with Crippen LogP contribution in [-0.2, 0) is 10.2 Å². The van der Waals surface area contributed by atoms with E-state index in [0.29, 0.717) is 17.8 Å². The topological polar surface area (TPSA) is 50.5 Å². The summed E-state index contributed by atoms with van der Waals surface area (Å²) >= 11 is 0. The minimum absolute atomic E-state index is 0.0743. The van der Waals surface area contributed by atoms with Crippen molar-refractivity contribution in [2.24, 2.45) is 0 Å². The van der Waals surface area contributed by atoms with E-state index in [-0.39, 0.29) is 11.3 Å². The Hall–Kier alpha value is -2.36. The van der Waals surface area contributed by atoms with Gasteiger partial charge in [-0.2, -0.15) is 0 Å². The highest BCUT2D eigenvalue weighted by Crippen LogP contribution is 2.56. The van der Waals surface area contributed by atoms with Crippen molar-refractivity contribution in [1.82, 2.24) is 0 Å². The molecule has 4 rings (SSSR count). The van der Waals surface area contributed by atoms with Crippen molar-refractivity contribution in [1.29, 1.82) is 0 Å².